The van der Waals surface area contributed by atoms with E-state index in [-0.39, 0.29) is 9.79 Å². The van der Waals surface area contributed by atoms with Crippen molar-refractivity contribution in [3.8, 4) is 11.5 Å². The molecule has 0 amide bonds. The molecule has 0 heterocycles. The van der Waals surface area contributed by atoms with Crippen LogP contribution in [0, 0.1) is 0 Å². The Morgan fingerprint density at radius 2 is 0.800 bits per heavy atom. The van der Waals surface area contributed by atoms with Crippen LogP contribution >= 0.6 is 21.6 Å². The Bertz CT molecular complexity index is 796. The summed E-state index contributed by atoms with van der Waals surface area (Å²) in [5.74, 6) is -1.76. The first kappa shape index (κ1) is 24.3. The van der Waals surface area contributed by atoms with E-state index in [1.165, 1.54) is 12.1 Å². The summed E-state index contributed by atoms with van der Waals surface area (Å²) < 4.78 is 134. The summed E-state index contributed by atoms with van der Waals surface area (Å²) in [5.41, 5.74) is 0. The lowest BCUT2D eigenvalue weighted by Gasteiger charge is -2.22. The number of ether oxygens (including phenoxy) is 2. The maximum absolute atomic E-state index is 13.1. The molecule has 0 aromatic heterocycles. The number of hydrogen-bond donors (Lipinski definition) is 0. The highest BCUT2D eigenvalue weighted by atomic mass is 33.1. The molecule has 2 aromatic carbocycles. The molecule has 2 rings (SSSR count). The minimum absolute atomic E-state index is 0.274. The summed E-state index contributed by atoms with van der Waals surface area (Å²) >= 11 is 0. The second-order valence-corrected chi connectivity index (χ2v) is 7.51. The lowest BCUT2D eigenvalue weighted by Crippen LogP contribution is -2.42. The fourth-order valence-corrected chi connectivity index (χ4v) is 3.88. The number of rotatable bonds is 7. The van der Waals surface area contributed by atoms with Crippen molar-refractivity contribution in [1.29, 1.82) is 0 Å². The molecule has 166 valence electrons. The number of benzene rings is 2. The topological polar surface area (TPSA) is 18.5 Å². The van der Waals surface area contributed by atoms with Gasteiger partial charge in [0.2, 0.25) is 0 Å². The molecular weight excluding hydrogens is 478 g/mol. The van der Waals surface area contributed by atoms with Crippen LogP contribution in [0.1, 0.15) is 0 Å². The first-order valence-electron chi connectivity index (χ1n) is 7.44. The van der Waals surface area contributed by atoms with E-state index in [0.29, 0.717) is 21.6 Å². The van der Waals surface area contributed by atoms with Crippen molar-refractivity contribution in [3.05, 3.63) is 48.5 Å². The van der Waals surface area contributed by atoms with Gasteiger partial charge in [-0.3, -0.25) is 0 Å². The molecule has 0 radical (unpaired) electrons. The highest BCUT2D eigenvalue weighted by Crippen LogP contribution is 2.48. The van der Waals surface area contributed by atoms with Crippen molar-refractivity contribution in [2.45, 2.75) is 34.4 Å². The summed E-state index contributed by atoms with van der Waals surface area (Å²) in [5, 5.41) is 0. The van der Waals surface area contributed by atoms with Crippen molar-refractivity contribution in [3.63, 3.8) is 0 Å². The minimum Gasteiger partial charge on any atom is -0.425 e. The van der Waals surface area contributed by atoms with Gasteiger partial charge in [-0.15, -0.1) is 0 Å². The van der Waals surface area contributed by atoms with Gasteiger partial charge in [-0.05, 0) is 45.9 Å². The molecule has 2 nitrogen and oxygen atoms in total. The zero-order valence-corrected chi connectivity index (χ0v) is 15.7. The van der Waals surface area contributed by atoms with Gasteiger partial charge in [0.1, 0.15) is 11.5 Å². The molecule has 14 heteroatoms. The average Bonchev–Trinajstić information content (AvgIpc) is 2.59. The Kier molecular flexibility index (Phi) is 7.01. The number of halogens is 10. The molecular formula is C16H8F10O2S2. The van der Waals surface area contributed by atoms with Crippen LogP contribution in [0.15, 0.2) is 58.3 Å². The molecule has 0 aliphatic carbocycles. The van der Waals surface area contributed by atoms with E-state index in [0.717, 1.165) is 36.4 Å². The standard InChI is InChI=1S/C16H8F10O2S2/c17-13(18,19)15(23,24)27-9-5-1-3-7-11(9)29-30-12-8-4-2-6-10(12)28-16(25,26)14(20,21)22/h1-8H. The Hall–Kier alpha value is -1.96. The molecule has 0 unspecified atom stereocenters. The zero-order chi connectivity index (χ0) is 22.8. The van der Waals surface area contributed by atoms with Gasteiger partial charge in [0.05, 0.1) is 9.79 Å². The largest absolute Gasteiger partial charge is 0.499 e. The number of para-hydroxylation sites is 2. The molecule has 0 aliphatic rings. The minimum atomic E-state index is -6.00. The van der Waals surface area contributed by atoms with Gasteiger partial charge in [-0.2, -0.15) is 43.9 Å². The van der Waals surface area contributed by atoms with Crippen LogP contribution in [0.3, 0.4) is 0 Å². The first-order chi connectivity index (χ1) is 13.6. The molecule has 0 atom stereocenters. The van der Waals surface area contributed by atoms with E-state index in [4.69, 9.17) is 0 Å². The molecule has 2 aromatic rings. The maximum atomic E-state index is 13.1. The van der Waals surface area contributed by atoms with E-state index >= 15 is 0 Å². The fraction of sp³-hybridized carbons (Fsp3) is 0.250. The SMILES string of the molecule is FC(F)(F)C(F)(F)Oc1ccccc1SSc1ccccc1OC(F)(F)C(F)(F)F. The third kappa shape index (κ3) is 5.80. The highest BCUT2D eigenvalue weighted by molar-refractivity contribution is 8.76. The Labute approximate surface area is 169 Å². The first-order valence-corrected chi connectivity index (χ1v) is 9.59. The molecule has 0 fully saturated rings. The van der Waals surface area contributed by atoms with Crippen molar-refractivity contribution >= 4 is 21.6 Å². The molecule has 0 N–H and O–H groups in total. The monoisotopic (exact) mass is 486 g/mol. The molecule has 0 saturated heterocycles. The molecule has 30 heavy (non-hydrogen) atoms. The summed E-state index contributed by atoms with van der Waals surface area (Å²) in [6.07, 6.45) is -23.0. The van der Waals surface area contributed by atoms with Gasteiger partial charge < -0.3 is 9.47 Å². The van der Waals surface area contributed by atoms with Crippen LogP contribution in [0.25, 0.3) is 0 Å². The van der Waals surface area contributed by atoms with Crippen LogP contribution in [-0.2, 0) is 0 Å². The Morgan fingerprint density at radius 1 is 0.500 bits per heavy atom. The van der Waals surface area contributed by atoms with E-state index < -0.39 is 36.1 Å². The molecule has 0 saturated carbocycles. The molecule has 0 spiro atoms. The third-order valence-electron chi connectivity index (χ3n) is 3.06. The highest BCUT2D eigenvalue weighted by Gasteiger charge is 2.62. The molecule has 0 bridgehead atoms. The van der Waals surface area contributed by atoms with Gasteiger partial charge in [-0.1, -0.05) is 24.3 Å². The summed E-state index contributed by atoms with van der Waals surface area (Å²) in [6, 6.07) is 8.55. The normalized spacial score (nSPS) is 13.3. The Balaban J connectivity index is 2.22. The van der Waals surface area contributed by atoms with Crippen molar-refractivity contribution in [1.82, 2.24) is 0 Å². The van der Waals surface area contributed by atoms with Crippen molar-refractivity contribution in [2.75, 3.05) is 0 Å². The van der Waals surface area contributed by atoms with Gasteiger partial charge in [0.25, 0.3) is 0 Å². The Morgan fingerprint density at radius 3 is 1.10 bits per heavy atom. The van der Waals surface area contributed by atoms with E-state index in [9.17, 15) is 43.9 Å². The smallest absolute Gasteiger partial charge is 0.425 e. The lowest BCUT2D eigenvalue weighted by atomic mass is 10.3. The zero-order valence-electron chi connectivity index (χ0n) is 14.0. The molecule has 0 aliphatic heterocycles. The van der Waals surface area contributed by atoms with Gasteiger partial charge in [0, 0.05) is 0 Å². The van der Waals surface area contributed by atoms with Crippen molar-refractivity contribution in [2.24, 2.45) is 0 Å². The van der Waals surface area contributed by atoms with E-state index in [1.54, 1.807) is 0 Å². The predicted molar refractivity (Wildman–Crippen MR) is 87.9 cm³/mol. The second-order valence-electron chi connectivity index (χ2n) is 5.29. The summed E-state index contributed by atoms with van der Waals surface area (Å²) in [4.78, 5) is -0.549. The van der Waals surface area contributed by atoms with Crippen LogP contribution in [0.4, 0.5) is 43.9 Å². The predicted octanol–water partition coefficient (Wildman–Crippen LogP) is 7.55. The number of alkyl halides is 10. The second kappa shape index (κ2) is 8.65. The summed E-state index contributed by atoms with van der Waals surface area (Å²) in [6.45, 7) is 0. The van der Waals surface area contributed by atoms with Crippen LogP contribution in [0.2, 0.25) is 0 Å². The third-order valence-corrected chi connectivity index (χ3v) is 5.50. The quantitative estimate of drug-likeness (QED) is 0.297. The van der Waals surface area contributed by atoms with Gasteiger partial charge in [0.15, 0.2) is 0 Å². The van der Waals surface area contributed by atoms with E-state index in [2.05, 4.69) is 9.47 Å². The van der Waals surface area contributed by atoms with Crippen LogP contribution < -0.4 is 9.47 Å². The summed E-state index contributed by atoms with van der Waals surface area (Å²) in [7, 11) is 0.968. The maximum Gasteiger partial charge on any atom is 0.499 e. The van der Waals surface area contributed by atoms with E-state index in [1.807, 2.05) is 0 Å². The van der Waals surface area contributed by atoms with Gasteiger partial charge in [-0.25, -0.2) is 0 Å². The fourth-order valence-electron chi connectivity index (χ4n) is 1.69. The van der Waals surface area contributed by atoms with Crippen LogP contribution in [0.5, 0.6) is 11.5 Å². The van der Waals surface area contributed by atoms with Crippen LogP contribution in [-0.4, -0.2) is 24.6 Å². The average molecular weight is 486 g/mol. The number of hydrogen-bond acceptors (Lipinski definition) is 4. The van der Waals surface area contributed by atoms with Gasteiger partial charge >= 0.3 is 24.6 Å². The lowest BCUT2D eigenvalue weighted by molar-refractivity contribution is -0.361. The van der Waals surface area contributed by atoms with Crippen molar-refractivity contribution < 1.29 is 53.4 Å².